The first-order valence-electron chi connectivity index (χ1n) is 6.95. The van der Waals surface area contributed by atoms with Crippen molar-refractivity contribution >= 4 is 23.5 Å². The van der Waals surface area contributed by atoms with Crippen LogP contribution >= 0.6 is 23.5 Å². The summed E-state index contributed by atoms with van der Waals surface area (Å²) in [5.74, 6) is 2.46. The average Bonchev–Trinajstić information content (AvgIpc) is 3.02. The van der Waals surface area contributed by atoms with Crippen LogP contribution in [0.3, 0.4) is 0 Å². The van der Waals surface area contributed by atoms with Crippen molar-refractivity contribution in [3.8, 4) is 0 Å². The number of hydrogen-bond acceptors (Lipinski definition) is 7. The minimum absolute atomic E-state index is 0.0804. The molecule has 0 aromatic carbocycles. The molecule has 3 heterocycles. The summed E-state index contributed by atoms with van der Waals surface area (Å²) in [4.78, 5) is 4.63. The van der Waals surface area contributed by atoms with Gasteiger partial charge in [-0.3, -0.25) is 0 Å². The van der Waals surface area contributed by atoms with Gasteiger partial charge in [-0.15, -0.1) is 11.8 Å². The molecule has 3 rings (SSSR count). The standard InChI is InChI=1S/C13H21N3O2S2/c1-7-8(2)20-9(5-19-7)11-15-12(18-16-11)13(3)6-17-4-10(13)14/h7-10H,4-6,14H2,1-3H3. The van der Waals surface area contributed by atoms with Crippen LogP contribution in [0.5, 0.6) is 0 Å². The molecule has 0 radical (unpaired) electrons. The maximum absolute atomic E-state index is 6.11. The average molecular weight is 315 g/mol. The SMILES string of the molecule is CC1SCC(c2noc(C3(C)COCC3N)n2)SC1C. The van der Waals surface area contributed by atoms with Gasteiger partial charge in [-0.2, -0.15) is 16.7 Å². The van der Waals surface area contributed by atoms with Gasteiger partial charge in [-0.05, 0) is 6.92 Å². The number of thioether (sulfide) groups is 2. The first-order valence-corrected chi connectivity index (χ1v) is 8.94. The lowest BCUT2D eigenvalue weighted by Crippen LogP contribution is -2.42. The minimum atomic E-state index is -0.351. The van der Waals surface area contributed by atoms with Crippen LogP contribution in [0.4, 0.5) is 0 Å². The zero-order chi connectivity index (χ0) is 14.3. The summed E-state index contributed by atoms with van der Waals surface area (Å²) in [6.07, 6.45) is 0. The third-order valence-electron chi connectivity index (χ3n) is 4.29. The number of rotatable bonds is 2. The van der Waals surface area contributed by atoms with Crippen molar-refractivity contribution in [1.82, 2.24) is 10.1 Å². The Morgan fingerprint density at radius 2 is 2.15 bits per heavy atom. The van der Waals surface area contributed by atoms with Gasteiger partial charge in [0, 0.05) is 22.3 Å². The van der Waals surface area contributed by atoms with Crippen LogP contribution in [0.25, 0.3) is 0 Å². The van der Waals surface area contributed by atoms with Crippen LogP contribution in [-0.2, 0) is 10.2 Å². The quantitative estimate of drug-likeness (QED) is 0.894. The van der Waals surface area contributed by atoms with E-state index in [-0.39, 0.29) is 11.5 Å². The van der Waals surface area contributed by atoms with Crippen LogP contribution in [0.2, 0.25) is 0 Å². The van der Waals surface area contributed by atoms with Crippen molar-refractivity contribution < 1.29 is 9.26 Å². The lowest BCUT2D eigenvalue weighted by molar-refractivity contribution is 0.169. The van der Waals surface area contributed by atoms with Crippen molar-refractivity contribution in [2.75, 3.05) is 19.0 Å². The Balaban J connectivity index is 1.77. The molecule has 0 amide bonds. The summed E-state index contributed by atoms with van der Waals surface area (Å²) in [7, 11) is 0. The molecule has 0 saturated carbocycles. The molecule has 112 valence electrons. The van der Waals surface area contributed by atoms with E-state index < -0.39 is 0 Å². The fourth-order valence-corrected chi connectivity index (χ4v) is 5.26. The first kappa shape index (κ1) is 14.7. The van der Waals surface area contributed by atoms with Gasteiger partial charge in [0.25, 0.3) is 0 Å². The third-order valence-corrected chi connectivity index (χ3v) is 7.67. The van der Waals surface area contributed by atoms with Crippen molar-refractivity contribution in [3.63, 3.8) is 0 Å². The first-order chi connectivity index (χ1) is 9.50. The number of hydrogen-bond donors (Lipinski definition) is 1. The molecule has 1 aromatic heterocycles. The molecule has 0 spiro atoms. The molecule has 5 unspecified atom stereocenters. The Labute approximate surface area is 127 Å². The van der Waals surface area contributed by atoms with Crippen LogP contribution in [0, 0.1) is 0 Å². The Morgan fingerprint density at radius 1 is 1.35 bits per heavy atom. The highest BCUT2D eigenvalue weighted by molar-refractivity contribution is 8.07. The van der Waals surface area contributed by atoms with Gasteiger partial charge in [0.05, 0.1) is 23.9 Å². The van der Waals surface area contributed by atoms with Crippen LogP contribution in [0.1, 0.15) is 37.7 Å². The fraction of sp³-hybridized carbons (Fsp3) is 0.846. The van der Waals surface area contributed by atoms with E-state index in [9.17, 15) is 0 Å². The second-order valence-electron chi connectivity index (χ2n) is 5.87. The highest BCUT2D eigenvalue weighted by atomic mass is 32.2. The third kappa shape index (κ3) is 2.49. The predicted molar refractivity (Wildman–Crippen MR) is 82.2 cm³/mol. The summed E-state index contributed by atoms with van der Waals surface area (Å²) in [6.45, 7) is 7.68. The maximum Gasteiger partial charge on any atom is 0.236 e. The lowest BCUT2D eigenvalue weighted by atomic mass is 9.86. The smallest absolute Gasteiger partial charge is 0.236 e. The number of nitrogens with two attached hydrogens (primary N) is 1. The highest BCUT2D eigenvalue weighted by Crippen LogP contribution is 2.43. The maximum atomic E-state index is 6.11. The van der Waals surface area contributed by atoms with Gasteiger partial charge in [-0.1, -0.05) is 19.0 Å². The highest BCUT2D eigenvalue weighted by Gasteiger charge is 2.44. The van der Waals surface area contributed by atoms with Crippen LogP contribution < -0.4 is 5.73 Å². The molecule has 5 atom stereocenters. The van der Waals surface area contributed by atoms with Gasteiger partial charge < -0.3 is 15.0 Å². The van der Waals surface area contributed by atoms with Gasteiger partial charge in [0.1, 0.15) is 0 Å². The van der Waals surface area contributed by atoms with Gasteiger partial charge in [0.2, 0.25) is 5.89 Å². The van der Waals surface area contributed by atoms with Gasteiger partial charge >= 0.3 is 0 Å². The Bertz CT molecular complexity index is 484. The Morgan fingerprint density at radius 3 is 2.80 bits per heavy atom. The summed E-state index contributed by atoms with van der Waals surface area (Å²) in [5.41, 5.74) is 5.76. The molecule has 20 heavy (non-hydrogen) atoms. The van der Waals surface area contributed by atoms with E-state index in [0.717, 1.165) is 11.6 Å². The number of aromatic nitrogens is 2. The zero-order valence-electron chi connectivity index (χ0n) is 12.0. The Hall–Kier alpha value is -0.240. The second-order valence-corrected chi connectivity index (χ2v) is 8.86. The number of ether oxygens (including phenoxy) is 1. The van der Waals surface area contributed by atoms with Crippen molar-refractivity contribution in [2.45, 2.75) is 48.0 Å². The molecular weight excluding hydrogens is 294 g/mol. The summed E-state index contributed by atoms with van der Waals surface area (Å²) in [5, 5.41) is 5.79. The molecule has 2 fully saturated rings. The van der Waals surface area contributed by atoms with Gasteiger partial charge in [-0.25, -0.2) is 0 Å². The van der Waals surface area contributed by atoms with E-state index in [4.69, 9.17) is 15.0 Å². The molecule has 5 nitrogen and oxygen atoms in total. The minimum Gasteiger partial charge on any atom is -0.379 e. The largest absolute Gasteiger partial charge is 0.379 e. The van der Waals surface area contributed by atoms with Crippen molar-refractivity contribution in [2.24, 2.45) is 5.73 Å². The van der Waals surface area contributed by atoms with Crippen molar-refractivity contribution in [3.05, 3.63) is 11.7 Å². The van der Waals surface area contributed by atoms with E-state index in [1.807, 2.05) is 30.4 Å². The molecule has 2 saturated heterocycles. The molecule has 2 aliphatic heterocycles. The summed E-state index contributed by atoms with van der Waals surface area (Å²) in [6, 6.07) is -0.0804. The normalized spacial score (nSPS) is 42.0. The fourth-order valence-electron chi connectivity index (χ4n) is 2.43. The monoisotopic (exact) mass is 315 g/mol. The van der Waals surface area contributed by atoms with Crippen molar-refractivity contribution in [1.29, 1.82) is 0 Å². The molecule has 1 aromatic rings. The zero-order valence-corrected chi connectivity index (χ0v) is 13.7. The molecule has 2 aliphatic rings. The van der Waals surface area contributed by atoms with E-state index in [2.05, 4.69) is 24.0 Å². The number of nitrogens with zero attached hydrogens (tertiary/aromatic N) is 2. The predicted octanol–water partition coefficient (Wildman–Crippen LogP) is 1.98. The second kappa shape index (κ2) is 5.51. The van der Waals surface area contributed by atoms with Crippen LogP contribution in [-0.4, -0.2) is 45.6 Å². The lowest BCUT2D eigenvalue weighted by Gasteiger charge is -2.29. The molecule has 0 aliphatic carbocycles. The molecule has 2 N–H and O–H groups in total. The molecular formula is C13H21N3O2S2. The van der Waals surface area contributed by atoms with E-state index in [0.29, 0.717) is 34.9 Å². The van der Waals surface area contributed by atoms with E-state index in [1.54, 1.807) is 0 Å². The van der Waals surface area contributed by atoms with Crippen LogP contribution in [0.15, 0.2) is 4.52 Å². The van der Waals surface area contributed by atoms with E-state index >= 15 is 0 Å². The summed E-state index contributed by atoms with van der Waals surface area (Å²) >= 11 is 3.91. The molecule has 0 bridgehead atoms. The molecule has 7 heteroatoms. The summed E-state index contributed by atoms with van der Waals surface area (Å²) < 4.78 is 10.9. The van der Waals surface area contributed by atoms with Gasteiger partial charge in [0.15, 0.2) is 5.82 Å². The Kier molecular flexibility index (Phi) is 4.05. The topological polar surface area (TPSA) is 74.2 Å². The van der Waals surface area contributed by atoms with E-state index in [1.165, 1.54) is 0 Å².